The number of aliphatic hydroxyl groups is 3. The number of cyclic esters (lactones) is 1. The molecule has 98 heavy (non-hydrogen) atoms. The first-order chi connectivity index (χ1) is 47.7. The lowest BCUT2D eigenvalue weighted by molar-refractivity contribution is -0.315. The van der Waals surface area contributed by atoms with Crippen LogP contribution >= 0.6 is 0 Å². The molecule has 13 nitrogen and oxygen atoms in total. The summed E-state index contributed by atoms with van der Waals surface area (Å²) in [5.41, 5.74) is -4.78. The zero-order chi connectivity index (χ0) is 65.3. The number of nitrogens with one attached hydrogen (secondary N) is 1. The third-order valence-corrected chi connectivity index (χ3v) is 35.8. The lowest BCUT2D eigenvalue weighted by Crippen LogP contribution is -2.84. The zero-order valence-corrected chi connectivity index (χ0v) is 57.3. The molecule has 0 amide bonds. The van der Waals surface area contributed by atoms with Gasteiger partial charge in [-0.3, -0.25) is 14.9 Å². The van der Waals surface area contributed by atoms with Crippen LogP contribution in [0, 0.1) is 151 Å². The van der Waals surface area contributed by atoms with E-state index in [9.17, 15) is 14.9 Å². The number of carbonyl (C=O) groups excluding carboxylic acids is 3. The Bertz CT molecular complexity index is 4020. The third-order valence-electron chi connectivity index (χ3n) is 35.8. The zero-order valence-electron chi connectivity index (χ0n) is 57.3. The van der Waals surface area contributed by atoms with Crippen molar-refractivity contribution in [2.45, 2.75) is 214 Å². The predicted octanol–water partition coefficient (Wildman–Crippen LogP) is 11.7. The molecular weight excluding hydrogens is 1220 g/mol. The summed E-state index contributed by atoms with van der Waals surface area (Å²) in [5.74, 6) is 7.68. The van der Waals surface area contributed by atoms with Gasteiger partial charge in [0.25, 0.3) is 0 Å². The molecule has 21 aliphatic rings. The van der Waals surface area contributed by atoms with Crippen LogP contribution in [0.4, 0.5) is 0 Å². The Morgan fingerprint density at radius 1 is 0.878 bits per heavy atom. The van der Waals surface area contributed by atoms with Crippen molar-refractivity contribution in [1.29, 1.82) is 0 Å². The highest BCUT2D eigenvalue weighted by Crippen LogP contribution is 2.93. The highest BCUT2D eigenvalue weighted by molar-refractivity contribution is 5.94. The second-order valence-electron chi connectivity index (χ2n) is 37.9. The normalized spacial score (nSPS) is 54.3. The molecule has 516 valence electrons. The number of fused-ring (bicyclic) bond motifs is 7. The van der Waals surface area contributed by atoms with Crippen LogP contribution in [0.3, 0.4) is 0 Å². The summed E-state index contributed by atoms with van der Waals surface area (Å²) >= 11 is 0. The van der Waals surface area contributed by atoms with Gasteiger partial charge < -0.3 is 43.6 Å². The largest absolute Gasteiger partial charge is 0.469 e. The molecule has 0 radical (unpaired) electrons. The molecule has 16 fully saturated rings. The summed E-state index contributed by atoms with van der Waals surface area (Å²) in [5, 5.41) is 42.7. The van der Waals surface area contributed by atoms with Crippen LogP contribution in [-0.2, 0) is 51.8 Å². The molecule has 11 saturated carbocycles. The Morgan fingerprint density at radius 2 is 1.77 bits per heavy atom. The van der Waals surface area contributed by atoms with E-state index in [1.165, 1.54) is 43.2 Å². The van der Waals surface area contributed by atoms with E-state index in [-0.39, 0.29) is 83.0 Å². The fraction of sp³-hybridized carbons (Fsp3) is 0.729. The number of ether oxygens (including phenoxy) is 4. The number of aliphatic hydroxyl groups excluding tert-OH is 3. The fourth-order valence-corrected chi connectivity index (χ4v) is 33.4. The quantitative estimate of drug-likeness (QED) is 0.0849. The monoisotopic (exact) mass is 1320 g/mol. The molecule has 7 aliphatic heterocycles. The van der Waals surface area contributed by atoms with Crippen LogP contribution in [0.15, 0.2) is 94.8 Å². The smallest absolute Gasteiger partial charge is 0.339 e. The first-order valence-corrected chi connectivity index (χ1v) is 39.8. The van der Waals surface area contributed by atoms with Gasteiger partial charge in [-0.2, -0.15) is 0 Å². The van der Waals surface area contributed by atoms with Gasteiger partial charge in [0.05, 0.1) is 54.9 Å². The summed E-state index contributed by atoms with van der Waals surface area (Å²) in [6.45, 7) is 3.83. The second-order valence-corrected chi connectivity index (χ2v) is 37.9. The number of hydrogen-bond donors (Lipinski definition) is 4. The minimum Gasteiger partial charge on any atom is -0.469 e. The van der Waals surface area contributed by atoms with Gasteiger partial charge in [-0.15, -0.1) is 0 Å². The number of rotatable bonds is 8. The van der Waals surface area contributed by atoms with Crippen LogP contribution in [0.25, 0.3) is 0 Å². The Kier molecular flexibility index (Phi) is 11.9. The molecule has 5 saturated heterocycles. The molecule has 13 heteroatoms. The number of esters is 2. The van der Waals surface area contributed by atoms with Crippen LogP contribution in [0.1, 0.15) is 171 Å². The lowest BCUT2D eigenvalue weighted by Gasteiger charge is -2.74. The molecule has 11 bridgehead atoms. The van der Waals surface area contributed by atoms with Gasteiger partial charge in [-0.25, -0.2) is 4.79 Å². The fourth-order valence-electron chi connectivity index (χ4n) is 33.4. The first-order valence-electron chi connectivity index (χ1n) is 39.8. The van der Waals surface area contributed by atoms with Gasteiger partial charge in [0.15, 0.2) is 17.5 Å². The number of ketones is 1. The van der Waals surface area contributed by atoms with Crippen LogP contribution in [0.2, 0.25) is 0 Å². The maximum Gasteiger partial charge on any atom is 0.339 e. The molecule has 23 rings (SSSR count). The van der Waals surface area contributed by atoms with Gasteiger partial charge in [0.1, 0.15) is 29.7 Å². The van der Waals surface area contributed by atoms with E-state index in [0.717, 1.165) is 122 Å². The third kappa shape index (κ3) is 6.52. The van der Waals surface area contributed by atoms with E-state index in [1.54, 1.807) is 11.8 Å². The first kappa shape index (κ1) is 59.7. The molecule has 8 heterocycles. The van der Waals surface area contributed by atoms with Gasteiger partial charge in [-0.05, 0) is 245 Å². The number of benzene rings is 1. The average molecular weight is 1330 g/mol. The van der Waals surface area contributed by atoms with E-state index < -0.39 is 98.6 Å². The van der Waals surface area contributed by atoms with Crippen molar-refractivity contribution in [3.05, 3.63) is 107 Å². The summed E-state index contributed by atoms with van der Waals surface area (Å²) in [4.78, 5) is 54.3. The van der Waals surface area contributed by atoms with Gasteiger partial charge in [0.2, 0.25) is 0 Å². The molecular formula is C85H100N2O11. The molecule has 1 aromatic carbocycles. The van der Waals surface area contributed by atoms with E-state index in [1.807, 2.05) is 6.07 Å². The second kappa shape index (κ2) is 19.5. The SMILES string of the molecule is CC12CC3CC45CC6(CCCC6)CC4CC4=CC6C78C=CC9CCCC9C7CC=C7CCC(CC78)C67OC46C5C(=O)OCC64C7C(=O)C(O)C5(C6CC(Cc7ccccc7)CCC6C#CCC1(c1ccoc1CC(C(O)CO)C1CCC6C(C=CN7CNCC67)C1)OC(=O)C1OC152)C34. The minimum atomic E-state index is -1.58. The average Bonchev–Trinajstić information content (AvgIpc) is 1.40. The van der Waals surface area contributed by atoms with Crippen molar-refractivity contribution >= 4 is 17.7 Å². The highest BCUT2D eigenvalue weighted by Gasteiger charge is 3.01. The maximum atomic E-state index is 18.6. The summed E-state index contributed by atoms with van der Waals surface area (Å²) in [6.07, 6.45) is 36.4. The number of furan rings is 1. The predicted molar refractivity (Wildman–Crippen MR) is 360 cm³/mol. The number of nitrogens with zero attached hydrogens (tertiary/aromatic N) is 1. The Labute approximate surface area is 576 Å². The summed E-state index contributed by atoms with van der Waals surface area (Å²) in [7, 11) is 0. The number of hydrogen-bond acceptors (Lipinski definition) is 13. The molecule has 8 spiro atoms. The van der Waals surface area contributed by atoms with Crippen molar-refractivity contribution < 1.29 is 53.1 Å². The van der Waals surface area contributed by atoms with Crippen molar-refractivity contribution in [2.24, 2.45) is 139 Å². The van der Waals surface area contributed by atoms with Crippen molar-refractivity contribution in [3.8, 4) is 11.8 Å². The lowest BCUT2D eigenvalue weighted by atomic mass is 9.27. The maximum absolute atomic E-state index is 18.6. The van der Waals surface area contributed by atoms with E-state index in [0.29, 0.717) is 66.6 Å². The molecule has 31 atom stereocenters. The van der Waals surface area contributed by atoms with Crippen molar-refractivity contribution in [1.82, 2.24) is 10.2 Å². The topological polar surface area (TPSA) is 181 Å². The van der Waals surface area contributed by atoms with Gasteiger partial charge >= 0.3 is 11.9 Å². The van der Waals surface area contributed by atoms with E-state index >= 15 is 19.5 Å². The molecule has 4 N–H and O–H groups in total. The highest BCUT2D eigenvalue weighted by atomic mass is 16.7. The van der Waals surface area contributed by atoms with Crippen LogP contribution in [0.5, 0.6) is 0 Å². The Balaban J connectivity index is 0.767. The van der Waals surface area contributed by atoms with Crippen LogP contribution in [-0.4, -0.2) is 106 Å². The molecule has 31 unspecified atom stereocenters. The van der Waals surface area contributed by atoms with Gasteiger partial charge in [-0.1, -0.05) is 104 Å². The summed E-state index contributed by atoms with van der Waals surface area (Å²) in [6, 6.07) is 13.3. The molecule has 14 aliphatic carbocycles. The van der Waals surface area contributed by atoms with Crippen molar-refractivity contribution in [3.63, 3.8) is 0 Å². The Hall–Kier alpha value is -4.81. The van der Waals surface area contributed by atoms with Gasteiger partial charge in [0, 0.05) is 52.7 Å². The minimum absolute atomic E-state index is 0.0146. The number of carbonyl (C=O) groups is 3. The number of allylic oxidation sites excluding steroid dienone is 5. The van der Waals surface area contributed by atoms with Crippen molar-refractivity contribution in [2.75, 3.05) is 26.4 Å². The van der Waals surface area contributed by atoms with E-state index in [2.05, 4.69) is 95.9 Å². The number of Topliss-reactive ketones (excluding diaryl/α,β-unsaturated/α-hetero) is 1. The number of epoxide rings is 1. The Morgan fingerprint density at radius 3 is 2.64 bits per heavy atom. The molecule has 2 aromatic rings. The van der Waals surface area contributed by atoms with Crippen LogP contribution < -0.4 is 5.32 Å². The van der Waals surface area contributed by atoms with E-state index in [4.69, 9.17) is 18.6 Å². The molecule has 1 aromatic heterocycles. The summed E-state index contributed by atoms with van der Waals surface area (Å²) < 4.78 is 39.1. The standard InChI is InChI=1S/C85H100N2O11/c1-76-38-53-39-78-43-77(25-5-6-26-77)40-56(78)34-55-36-67-79-28-22-48-11-7-13-57(48)60(79)21-18-50-16-19-54(35-62(50)79)83(67)70-68(90)72(91)82(69(53)80(70)44-95-74(92)71(78)84(55,80)98-83)63-32-47(31-46-9-3-2-4-10-46)14-15-49(63)12-8-27-81(76,97-75(93)73-85(76,82)96-73)61-24-30-94-66(61)37-59(65(89)42-88)51-17-20-58-52(33-51)23-29-87-45-86-41-64(58)87/h2-4,9-10,18,22-24,28-30,36,47-49,51-54,56-60,62-65,67,69-73,86,88-89,91H,5-7,11,13-17,19-21,25-27,31-35,37-45H2,1H3.